The fourth-order valence-electron chi connectivity index (χ4n) is 4.43. The fraction of sp³-hybridized carbons (Fsp3) is 0.684. The molecule has 0 atom stereocenters. The zero-order valence-corrected chi connectivity index (χ0v) is 14.6. The molecule has 0 spiro atoms. The Labute approximate surface area is 140 Å². The van der Waals surface area contributed by atoms with Gasteiger partial charge in [0, 0.05) is 18.4 Å². The minimum absolute atomic E-state index is 0.339. The van der Waals surface area contributed by atoms with E-state index in [0.717, 1.165) is 12.6 Å². The van der Waals surface area contributed by atoms with Crippen LogP contribution in [0.3, 0.4) is 0 Å². The second-order valence-corrected chi connectivity index (χ2v) is 7.51. The van der Waals surface area contributed by atoms with E-state index < -0.39 is 0 Å². The van der Waals surface area contributed by atoms with Gasteiger partial charge in [0.2, 0.25) is 0 Å². The number of nitrogens with one attached hydrogen (secondary N) is 3. The summed E-state index contributed by atoms with van der Waals surface area (Å²) >= 11 is 0. The monoisotopic (exact) mass is 320 g/mol. The van der Waals surface area contributed by atoms with Crippen molar-refractivity contribution in [2.75, 3.05) is 52.4 Å². The van der Waals surface area contributed by atoms with Crippen LogP contribution in [0, 0.1) is 6.92 Å². The number of aliphatic hydroxyl groups is 1. The van der Waals surface area contributed by atoms with E-state index in [0.29, 0.717) is 6.61 Å². The highest BCUT2D eigenvalue weighted by atomic mass is 16.3. The number of aliphatic hydroxyl groups excluding tert-OH is 1. The van der Waals surface area contributed by atoms with E-state index in [4.69, 9.17) is 5.11 Å². The normalized spacial score (nSPS) is 31.9. The first-order chi connectivity index (χ1) is 11.3. The van der Waals surface area contributed by atoms with Crippen LogP contribution < -0.4 is 14.7 Å². The quantitative estimate of drug-likeness (QED) is 0.469. The van der Waals surface area contributed by atoms with E-state index in [-0.39, 0.29) is 0 Å². The first kappa shape index (κ1) is 16.9. The molecule has 0 aliphatic carbocycles. The summed E-state index contributed by atoms with van der Waals surface area (Å²) in [6.07, 6.45) is 2.76. The van der Waals surface area contributed by atoms with Crippen molar-refractivity contribution >= 4 is 0 Å². The molecule has 4 heteroatoms. The van der Waals surface area contributed by atoms with E-state index >= 15 is 0 Å². The molecule has 0 bridgehead atoms. The van der Waals surface area contributed by atoms with Crippen molar-refractivity contribution in [3.05, 3.63) is 35.4 Å². The molecule has 4 nitrogen and oxygen atoms in total. The number of benzene rings is 1. The average molecular weight is 321 g/mol. The van der Waals surface area contributed by atoms with Crippen molar-refractivity contribution in [3.8, 4) is 0 Å². The van der Waals surface area contributed by atoms with Gasteiger partial charge in [0.15, 0.2) is 0 Å². The molecule has 0 amide bonds. The van der Waals surface area contributed by atoms with Gasteiger partial charge in [0.1, 0.15) is 39.3 Å². The van der Waals surface area contributed by atoms with Gasteiger partial charge in [-0.15, -0.1) is 0 Å². The molecule has 1 aromatic carbocycles. The zero-order valence-electron chi connectivity index (χ0n) is 14.6. The third-order valence-electron chi connectivity index (χ3n) is 6.04. The van der Waals surface area contributed by atoms with E-state index in [2.05, 4.69) is 31.2 Å². The van der Waals surface area contributed by atoms with Crippen molar-refractivity contribution in [2.45, 2.75) is 32.4 Å². The maximum atomic E-state index is 9.07. The molecule has 4 N–H and O–H groups in total. The fourth-order valence-corrected chi connectivity index (χ4v) is 4.43. The first-order valence-electron chi connectivity index (χ1n) is 9.43. The summed E-state index contributed by atoms with van der Waals surface area (Å²) in [5, 5.41) is 9.07. The van der Waals surface area contributed by atoms with Crippen LogP contribution in [-0.2, 0) is 6.54 Å². The molecule has 2 aliphatic rings. The molecule has 3 rings (SSSR count). The zero-order chi connectivity index (χ0) is 16.1. The maximum absolute atomic E-state index is 9.07. The van der Waals surface area contributed by atoms with Crippen LogP contribution in [0.4, 0.5) is 0 Å². The van der Waals surface area contributed by atoms with Crippen LogP contribution in [0.5, 0.6) is 0 Å². The SMILES string of the molecule is Cc1ccccc1C[NH+]1CCC([NH+]2CC[NH+](CCO)CC2)CC1. The molecular weight excluding hydrogens is 286 g/mol. The van der Waals surface area contributed by atoms with E-state index in [1.165, 1.54) is 69.8 Å². The second-order valence-electron chi connectivity index (χ2n) is 7.51. The Morgan fingerprint density at radius 2 is 1.65 bits per heavy atom. The molecule has 2 saturated heterocycles. The summed E-state index contributed by atoms with van der Waals surface area (Å²) in [4.78, 5) is 5.19. The van der Waals surface area contributed by atoms with Crippen molar-refractivity contribution < 1.29 is 19.8 Å². The van der Waals surface area contributed by atoms with Crippen LogP contribution in [0.2, 0.25) is 0 Å². The van der Waals surface area contributed by atoms with Crippen LogP contribution in [0.25, 0.3) is 0 Å². The van der Waals surface area contributed by atoms with Gasteiger partial charge in [0.25, 0.3) is 0 Å². The minimum Gasteiger partial charge on any atom is -0.391 e. The average Bonchev–Trinajstić information content (AvgIpc) is 2.59. The Hall–Kier alpha value is -0.940. The molecule has 0 aromatic heterocycles. The highest BCUT2D eigenvalue weighted by molar-refractivity contribution is 5.24. The number of quaternary nitrogens is 3. The predicted molar refractivity (Wildman–Crippen MR) is 91.9 cm³/mol. The number of aryl methyl sites for hydroxylation is 1. The highest BCUT2D eigenvalue weighted by Crippen LogP contribution is 2.06. The molecule has 0 saturated carbocycles. The summed E-state index contributed by atoms with van der Waals surface area (Å²) in [6, 6.07) is 9.73. The Morgan fingerprint density at radius 1 is 0.957 bits per heavy atom. The van der Waals surface area contributed by atoms with Gasteiger partial charge in [0.05, 0.1) is 25.7 Å². The van der Waals surface area contributed by atoms with Gasteiger partial charge in [-0.2, -0.15) is 0 Å². The Kier molecular flexibility index (Phi) is 6.06. The summed E-state index contributed by atoms with van der Waals surface area (Å²) < 4.78 is 0. The third kappa shape index (κ3) is 4.54. The van der Waals surface area contributed by atoms with Crippen LogP contribution in [-0.4, -0.2) is 63.6 Å². The van der Waals surface area contributed by atoms with Crippen molar-refractivity contribution in [1.29, 1.82) is 0 Å². The largest absolute Gasteiger partial charge is 0.391 e. The van der Waals surface area contributed by atoms with Gasteiger partial charge in [-0.1, -0.05) is 24.3 Å². The predicted octanol–water partition coefficient (Wildman–Crippen LogP) is -2.68. The smallest absolute Gasteiger partial charge is 0.127 e. The van der Waals surface area contributed by atoms with Gasteiger partial charge in [-0.25, -0.2) is 0 Å². The summed E-state index contributed by atoms with van der Waals surface area (Å²) in [5.41, 5.74) is 2.96. The molecule has 0 unspecified atom stereocenters. The summed E-state index contributed by atoms with van der Waals surface area (Å²) in [5.74, 6) is 0. The van der Waals surface area contributed by atoms with Crippen molar-refractivity contribution in [2.24, 2.45) is 0 Å². The molecule has 2 fully saturated rings. The number of likely N-dealkylation sites (tertiary alicyclic amines) is 1. The molecule has 1 aromatic rings. The van der Waals surface area contributed by atoms with Crippen molar-refractivity contribution in [1.82, 2.24) is 0 Å². The Morgan fingerprint density at radius 3 is 2.30 bits per heavy atom. The summed E-state index contributed by atoms with van der Waals surface area (Å²) in [7, 11) is 0. The molecular formula is C19H34N3O+3. The van der Waals surface area contributed by atoms with Gasteiger partial charge in [-0.3, -0.25) is 0 Å². The maximum Gasteiger partial charge on any atom is 0.127 e. The van der Waals surface area contributed by atoms with Gasteiger partial charge < -0.3 is 19.8 Å². The lowest BCUT2D eigenvalue weighted by Gasteiger charge is -2.37. The topological polar surface area (TPSA) is 33.5 Å². The third-order valence-corrected chi connectivity index (χ3v) is 6.04. The Bertz CT molecular complexity index is 477. The van der Waals surface area contributed by atoms with Crippen LogP contribution in [0.15, 0.2) is 24.3 Å². The molecule has 2 heterocycles. The van der Waals surface area contributed by atoms with Gasteiger partial charge >= 0.3 is 0 Å². The first-order valence-corrected chi connectivity index (χ1v) is 9.43. The van der Waals surface area contributed by atoms with Crippen molar-refractivity contribution in [3.63, 3.8) is 0 Å². The number of hydrogen-bond acceptors (Lipinski definition) is 1. The molecule has 0 radical (unpaired) electrons. The highest BCUT2D eigenvalue weighted by Gasteiger charge is 2.33. The standard InChI is InChI=1S/C19H31N3O/c1-17-4-2-3-5-18(17)16-21-8-6-19(7-9-21)22-12-10-20(11-13-22)14-15-23/h2-5,19,23H,6-16H2,1H3/p+3. The molecule has 23 heavy (non-hydrogen) atoms. The minimum atomic E-state index is 0.339. The van der Waals surface area contributed by atoms with Crippen LogP contribution in [0.1, 0.15) is 24.0 Å². The van der Waals surface area contributed by atoms with E-state index in [1.807, 2.05) is 4.90 Å². The van der Waals surface area contributed by atoms with Gasteiger partial charge in [-0.05, 0) is 12.5 Å². The number of piperazine rings is 1. The summed E-state index contributed by atoms with van der Waals surface area (Å²) in [6.45, 7) is 12.4. The number of rotatable bonds is 5. The van der Waals surface area contributed by atoms with E-state index in [1.54, 1.807) is 9.80 Å². The number of piperidine rings is 1. The number of hydrogen-bond donors (Lipinski definition) is 4. The van der Waals surface area contributed by atoms with E-state index in [9.17, 15) is 0 Å². The lowest BCUT2D eigenvalue weighted by molar-refractivity contribution is -1.03. The molecule has 128 valence electrons. The Balaban J connectivity index is 1.43. The lowest BCUT2D eigenvalue weighted by Crippen LogP contribution is -3.30. The lowest BCUT2D eigenvalue weighted by atomic mass is 10.0. The second kappa shape index (κ2) is 8.25. The van der Waals surface area contributed by atoms with Crippen LogP contribution >= 0.6 is 0 Å². The molecule has 2 aliphatic heterocycles.